The smallest absolute Gasteiger partial charge is 0.475 e. The first-order valence-corrected chi connectivity index (χ1v) is 3.79. The molecule has 0 atom stereocenters. The first-order valence-electron chi connectivity index (χ1n) is 3.79. The van der Waals surface area contributed by atoms with Crippen molar-refractivity contribution in [3.8, 4) is 0 Å². The molecule has 0 unspecified atom stereocenters. The van der Waals surface area contributed by atoms with Crippen molar-refractivity contribution in [1.29, 1.82) is 0 Å². The van der Waals surface area contributed by atoms with Gasteiger partial charge in [-0.25, -0.2) is 4.79 Å². The van der Waals surface area contributed by atoms with Crippen molar-refractivity contribution in [2.45, 2.75) is 12.6 Å². The Kier molecular flexibility index (Phi) is 4.62. The van der Waals surface area contributed by atoms with Crippen molar-refractivity contribution in [3.63, 3.8) is 0 Å². The molecular formula is C7H9F3N2O3. The van der Waals surface area contributed by atoms with E-state index in [1.807, 2.05) is 6.08 Å². The van der Waals surface area contributed by atoms with Gasteiger partial charge in [0.05, 0.1) is 5.70 Å². The van der Waals surface area contributed by atoms with Crippen molar-refractivity contribution in [3.05, 3.63) is 11.8 Å². The maximum Gasteiger partial charge on any atom is 0.490 e. The fourth-order valence-electron chi connectivity index (χ4n) is 0.683. The van der Waals surface area contributed by atoms with Gasteiger partial charge in [-0.05, 0) is 6.42 Å². The quantitative estimate of drug-likeness (QED) is 0.586. The minimum Gasteiger partial charge on any atom is -0.475 e. The van der Waals surface area contributed by atoms with Gasteiger partial charge in [0.25, 0.3) is 5.91 Å². The van der Waals surface area contributed by atoms with Gasteiger partial charge in [-0.1, -0.05) is 6.08 Å². The van der Waals surface area contributed by atoms with Crippen LogP contribution in [0.15, 0.2) is 11.8 Å². The first kappa shape index (κ1) is 13.3. The molecule has 0 fully saturated rings. The summed E-state index contributed by atoms with van der Waals surface area (Å²) >= 11 is 0. The van der Waals surface area contributed by atoms with Crippen LogP contribution in [0.1, 0.15) is 6.42 Å². The van der Waals surface area contributed by atoms with Gasteiger partial charge in [-0.3, -0.25) is 4.79 Å². The summed E-state index contributed by atoms with van der Waals surface area (Å²) in [7, 11) is 0. The summed E-state index contributed by atoms with van der Waals surface area (Å²) in [5.41, 5.74) is 5.49. The highest BCUT2D eigenvalue weighted by Gasteiger charge is 2.38. The number of nitrogens with two attached hydrogens (primary N) is 1. The molecule has 0 aromatic carbocycles. The number of halogens is 3. The highest BCUT2D eigenvalue weighted by molar-refractivity contribution is 5.91. The number of hydrogen-bond donors (Lipinski definition) is 3. The van der Waals surface area contributed by atoms with E-state index in [1.165, 1.54) is 0 Å². The summed E-state index contributed by atoms with van der Waals surface area (Å²) in [4.78, 5) is 19.2. The maximum absolute atomic E-state index is 10.6. The fourth-order valence-corrected chi connectivity index (χ4v) is 0.683. The molecule has 15 heavy (non-hydrogen) atoms. The predicted molar refractivity (Wildman–Crippen MR) is 43.6 cm³/mol. The van der Waals surface area contributed by atoms with Crippen molar-refractivity contribution in [1.82, 2.24) is 5.32 Å². The third-order valence-corrected chi connectivity index (χ3v) is 1.32. The lowest BCUT2D eigenvalue weighted by Gasteiger charge is -1.94. The van der Waals surface area contributed by atoms with Crippen LogP contribution in [-0.4, -0.2) is 29.7 Å². The van der Waals surface area contributed by atoms with Gasteiger partial charge < -0.3 is 16.2 Å². The zero-order chi connectivity index (χ0) is 12.1. The van der Waals surface area contributed by atoms with Crippen molar-refractivity contribution < 1.29 is 27.9 Å². The molecule has 1 heterocycles. The monoisotopic (exact) mass is 226 g/mol. The molecule has 1 aliphatic rings. The van der Waals surface area contributed by atoms with Crippen LogP contribution in [-0.2, 0) is 9.59 Å². The average molecular weight is 226 g/mol. The van der Waals surface area contributed by atoms with Gasteiger partial charge in [-0.15, -0.1) is 0 Å². The molecular weight excluding hydrogens is 217 g/mol. The molecule has 0 saturated carbocycles. The van der Waals surface area contributed by atoms with Crippen LogP contribution < -0.4 is 11.1 Å². The summed E-state index contributed by atoms with van der Waals surface area (Å²) in [5, 5.41) is 9.97. The van der Waals surface area contributed by atoms with Crippen LogP contribution in [0, 0.1) is 0 Å². The number of hydrogen-bond acceptors (Lipinski definition) is 3. The Morgan fingerprint density at radius 3 is 2.07 bits per heavy atom. The van der Waals surface area contributed by atoms with Crippen LogP contribution in [0.3, 0.4) is 0 Å². The number of carboxylic acids is 1. The highest BCUT2D eigenvalue weighted by atomic mass is 19.4. The molecule has 8 heteroatoms. The molecule has 4 N–H and O–H groups in total. The lowest BCUT2D eigenvalue weighted by atomic mass is 10.4. The molecule has 1 rings (SSSR count). The standard InChI is InChI=1S/C5H8N2O.C2HF3O2/c6-5(8)4-2-1-3-7-4;3-2(4,5)1(6)7/h2,7H,1,3H2,(H2,6,8);(H,6,7). The Labute approximate surface area is 82.7 Å². The van der Waals surface area contributed by atoms with E-state index < -0.39 is 12.1 Å². The van der Waals surface area contributed by atoms with E-state index in [2.05, 4.69) is 5.32 Å². The zero-order valence-corrected chi connectivity index (χ0v) is 7.47. The summed E-state index contributed by atoms with van der Waals surface area (Å²) in [6.45, 7) is 0.846. The zero-order valence-electron chi connectivity index (χ0n) is 7.47. The van der Waals surface area contributed by atoms with E-state index in [-0.39, 0.29) is 5.91 Å². The Hall–Kier alpha value is -1.73. The summed E-state index contributed by atoms with van der Waals surface area (Å²) in [5.74, 6) is -3.12. The number of carboxylic acid groups (broad SMARTS) is 1. The Bertz CT molecular complexity index is 286. The minimum absolute atomic E-state index is 0.359. The van der Waals surface area contributed by atoms with E-state index in [0.717, 1.165) is 13.0 Å². The lowest BCUT2D eigenvalue weighted by molar-refractivity contribution is -0.192. The molecule has 5 nitrogen and oxygen atoms in total. The second-order valence-corrected chi connectivity index (χ2v) is 2.50. The number of rotatable bonds is 1. The lowest BCUT2D eigenvalue weighted by Crippen LogP contribution is -2.22. The molecule has 86 valence electrons. The molecule has 0 aromatic rings. The largest absolute Gasteiger partial charge is 0.490 e. The third-order valence-electron chi connectivity index (χ3n) is 1.32. The van der Waals surface area contributed by atoms with E-state index in [4.69, 9.17) is 15.6 Å². The molecule has 1 aliphatic heterocycles. The van der Waals surface area contributed by atoms with Gasteiger partial charge in [0.1, 0.15) is 0 Å². The number of alkyl halides is 3. The second-order valence-electron chi connectivity index (χ2n) is 2.50. The van der Waals surface area contributed by atoms with Crippen LogP contribution in [0.25, 0.3) is 0 Å². The molecule has 0 aliphatic carbocycles. The second kappa shape index (κ2) is 5.23. The number of carbonyl (C=O) groups is 2. The SMILES string of the molecule is NC(=O)C1=CCCN1.O=C(O)C(F)(F)F. The van der Waals surface area contributed by atoms with Crippen molar-refractivity contribution >= 4 is 11.9 Å². The molecule has 1 amide bonds. The normalized spacial score (nSPS) is 14.5. The number of amides is 1. The topological polar surface area (TPSA) is 92.4 Å². The Morgan fingerprint density at radius 1 is 1.47 bits per heavy atom. The third kappa shape index (κ3) is 5.55. The van der Waals surface area contributed by atoms with Gasteiger partial charge in [-0.2, -0.15) is 13.2 Å². The van der Waals surface area contributed by atoms with Crippen molar-refractivity contribution in [2.75, 3.05) is 6.54 Å². The number of primary amides is 1. The molecule has 0 saturated heterocycles. The van der Waals surface area contributed by atoms with E-state index >= 15 is 0 Å². The predicted octanol–water partition coefficient (Wildman–Crippen LogP) is -0.0178. The fraction of sp³-hybridized carbons (Fsp3) is 0.429. The van der Waals surface area contributed by atoms with Crippen LogP contribution in [0.2, 0.25) is 0 Å². The maximum atomic E-state index is 10.6. The minimum atomic E-state index is -5.08. The van der Waals surface area contributed by atoms with Crippen LogP contribution in [0.5, 0.6) is 0 Å². The summed E-state index contributed by atoms with van der Waals surface area (Å²) < 4.78 is 31.7. The van der Waals surface area contributed by atoms with Gasteiger partial charge in [0, 0.05) is 6.54 Å². The molecule has 0 aromatic heterocycles. The number of carbonyl (C=O) groups excluding carboxylic acids is 1. The van der Waals surface area contributed by atoms with Gasteiger partial charge in [0.2, 0.25) is 0 Å². The summed E-state index contributed by atoms with van der Waals surface area (Å²) in [6.07, 6.45) is -2.36. The van der Waals surface area contributed by atoms with Crippen molar-refractivity contribution in [2.24, 2.45) is 5.73 Å². The molecule has 0 radical (unpaired) electrons. The Morgan fingerprint density at radius 2 is 1.93 bits per heavy atom. The number of nitrogens with one attached hydrogen (secondary N) is 1. The number of aliphatic carboxylic acids is 1. The Balaban J connectivity index is 0.000000265. The van der Waals surface area contributed by atoms with Gasteiger partial charge in [0.15, 0.2) is 0 Å². The van der Waals surface area contributed by atoms with Crippen LogP contribution >= 0.6 is 0 Å². The van der Waals surface area contributed by atoms with E-state index in [0.29, 0.717) is 5.70 Å². The van der Waals surface area contributed by atoms with Crippen LogP contribution in [0.4, 0.5) is 13.2 Å². The van der Waals surface area contributed by atoms with E-state index in [9.17, 15) is 18.0 Å². The average Bonchev–Trinajstić information content (AvgIpc) is 2.54. The first-order chi connectivity index (χ1) is 6.75. The van der Waals surface area contributed by atoms with Gasteiger partial charge >= 0.3 is 12.1 Å². The molecule has 0 spiro atoms. The highest BCUT2D eigenvalue weighted by Crippen LogP contribution is 2.13. The summed E-state index contributed by atoms with van der Waals surface area (Å²) in [6, 6.07) is 0. The van der Waals surface area contributed by atoms with E-state index in [1.54, 1.807) is 0 Å². The molecule has 0 bridgehead atoms.